The summed E-state index contributed by atoms with van der Waals surface area (Å²) in [7, 11) is -1.26. The van der Waals surface area contributed by atoms with Crippen LogP contribution in [0.25, 0.3) is 11.2 Å². The van der Waals surface area contributed by atoms with Crippen molar-refractivity contribution >= 4 is 31.4 Å². The second-order valence-electron chi connectivity index (χ2n) is 9.42. The SMILES string of the molecule is CC[C@]12O[C@@H](n3cnc4c(=O)[nH]c(NC(=O)C(C)C)nc43)C(OC13CC3)[C@H]2OP(C)OCCC#N. The molecule has 1 aliphatic carbocycles. The molecule has 4 heterocycles. The summed E-state index contributed by atoms with van der Waals surface area (Å²) in [5, 5.41) is 11.4. The fourth-order valence-electron chi connectivity index (χ4n) is 5.08. The van der Waals surface area contributed by atoms with Crippen LogP contribution in [0.2, 0.25) is 0 Å². The highest BCUT2D eigenvalue weighted by atomic mass is 31.2. The molecule has 2 aliphatic heterocycles. The smallest absolute Gasteiger partial charge is 0.280 e. The van der Waals surface area contributed by atoms with E-state index in [2.05, 4.69) is 26.3 Å². The average Bonchev–Trinajstić information content (AvgIpc) is 3.25. The molecular weight excluding hydrogens is 475 g/mol. The number of aromatic nitrogens is 4. The predicted octanol–water partition coefficient (Wildman–Crippen LogP) is 2.58. The minimum absolute atomic E-state index is 0.0478. The second-order valence-corrected chi connectivity index (χ2v) is 10.8. The second kappa shape index (κ2) is 8.91. The summed E-state index contributed by atoms with van der Waals surface area (Å²) in [6.45, 7) is 7.71. The summed E-state index contributed by atoms with van der Waals surface area (Å²) in [4.78, 5) is 36.1. The predicted molar refractivity (Wildman–Crippen MR) is 125 cm³/mol. The molecular formula is C22H29N6O6P. The molecule has 2 aromatic rings. The number of nitriles is 1. The van der Waals surface area contributed by atoms with E-state index >= 15 is 0 Å². The van der Waals surface area contributed by atoms with Crippen molar-refractivity contribution in [3.63, 3.8) is 0 Å². The number of carbonyl (C=O) groups is 1. The molecule has 2 bridgehead atoms. The number of hydrogen-bond acceptors (Lipinski definition) is 9. The van der Waals surface area contributed by atoms with Gasteiger partial charge in [-0.15, -0.1) is 0 Å². The lowest BCUT2D eigenvalue weighted by atomic mass is 9.88. The number of hydrogen-bond donors (Lipinski definition) is 2. The lowest BCUT2D eigenvalue weighted by Crippen LogP contribution is -2.49. The number of nitrogens with zero attached hydrogens (tertiary/aromatic N) is 4. The van der Waals surface area contributed by atoms with Crippen molar-refractivity contribution in [2.45, 2.75) is 76.1 Å². The number of rotatable bonds is 9. The van der Waals surface area contributed by atoms with Crippen molar-refractivity contribution in [3.8, 4) is 6.07 Å². The third-order valence-electron chi connectivity index (χ3n) is 6.95. The number of H-pyrrole nitrogens is 1. The highest BCUT2D eigenvalue weighted by Gasteiger charge is 2.78. The molecule has 1 amide bonds. The van der Waals surface area contributed by atoms with Gasteiger partial charge in [-0.05, 0) is 19.3 Å². The maximum absolute atomic E-state index is 12.6. The molecule has 35 heavy (non-hydrogen) atoms. The maximum atomic E-state index is 12.6. The molecule has 2 aromatic heterocycles. The molecule has 0 aromatic carbocycles. The molecule has 13 heteroatoms. The summed E-state index contributed by atoms with van der Waals surface area (Å²) < 4.78 is 27.0. The van der Waals surface area contributed by atoms with E-state index in [0.717, 1.165) is 12.8 Å². The van der Waals surface area contributed by atoms with Crippen LogP contribution >= 0.6 is 8.38 Å². The molecule has 2 saturated heterocycles. The fraction of sp³-hybridized carbons (Fsp3) is 0.682. The number of aromatic amines is 1. The summed E-state index contributed by atoms with van der Waals surface area (Å²) >= 11 is 0. The van der Waals surface area contributed by atoms with Crippen LogP contribution in [0.3, 0.4) is 0 Å². The van der Waals surface area contributed by atoms with Gasteiger partial charge in [-0.3, -0.25) is 24.5 Å². The molecule has 5 rings (SSSR count). The molecule has 1 spiro atoms. The Morgan fingerprint density at radius 3 is 2.89 bits per heavy atom. The first-order valence-corrected chi connectivity index (χ1v) is 13.4. The summed E-state index contributed by atoms with van der Waals surface area (Å²) in [6, 6.07) is 2.07. The fourth-order valence-corrected chi connectivity index (χ4v) is 6.09. The van der Waals surface area contributed by atoms with Crippen LogP contribution in [0, 0.1) is 17.2 Å². The standard InChI is InChI=1S/C22H29N6O6P/c1-5-22-15(34-35(4)31-10-6-9-23)14(32-21(22)7-8-21)19(33-22)28-11-24-13-16(28)25-20(27-18(13)30)26-17(29)12(2)3/h11-12,14-15,19H,5-8,10H2,1-4H3,(H2,25,26,27,29,30)/t14?,15-,19-,22-,35?/m1/s1. The average molecular weight is 504 g/mol. The molecule has 12 nitrogen and oxygen atoms in total. The molecule has 5 atom stereocenters. The van der Waals surface area contributed by atoms with Crippen molar-refractivity contribution < 1.29 is 23.3 Å². The van der Waals surface area contributed by atoms with Gasteiger partial charge in [0, 0.05) is 12.6 Å². The van der Waals surface area contributed by atoms with Crippen LogP contribution < -0.4 is 10.9 Å². The van der Waals surface area contributed by atoms with Crippen LogP contribution in [-0.2, 0) is 23.3 Å². The van der Waals surface area contributed by atoms with Crippen molar-refractivity contribution in [3.05, 3.63) is 16.7 Å². The normalized spacial score (nSPS) is 29.1. The van der Waals surface area contributed by atoms with Crippen molar-refractivity contribution in [1.82, 2.24) is 19.5 Å². The van der Waals surface area contributed by atoms with Crippen LogP contribution in [0.5, 0.6) is 0 Å². The minimum Gasteiger partial charge on any atom is -0.361 e. The molecule has 1 saturated carbocycles. The van der Waals surface area contributed by atoms with E-state index < -0.39 is 43.6 Å². The number of carbonyl (C=O) groups excluding carboxylic acids is 1. The minimum atomic E-state index is -1.26. The third-order valence-corrected chi connectivity index (χ3v) is 8.02. The topological polar surface area (TPSA) is 153 Å². The maximum Gasteiger partial charge on any atom is 0.280 e. The monoisotopic (exact) mass is 504 g/mol. The van der Waals surface area contributed by atoms with Gasteiger partial charge in [0.25, 0.3) is 5.56 Å². The van der Waals surface area contributed by atoms with Crippen molar-refractivity contribution in [1.29, 1.82) is 5.26 Å². The number of imidazole rings is 1. The van der Waals surface area contributed by atoms with Gasteiger partial charge >= 0.3 is 0 Å². The van der Waals surface area contributed by atoms with Crippen LogP contribution in [0.15, 0.2) is 11.1 Å². The Bertz CT molecular complexity index is 1240. The highest BCUT2D eigenvalue weighted by Crippen LogP contribution is 2.67. The first-order valence-electron chi connectivity index (χ1n) is 11.8. The number of nitrogens with one attached hydrogen (secondary N) is 2. The van der Waals surface area contributed by atoms with Gasteiger partial charge in [0.2, 0.25) is 11.9 Å². The highest BCUT2D eigenvalue weighted by molar-refractivity contribution is 7.46. The first-order chi connectivity index (χ1) is 16.7. The first kappa shape index (κ1) is 24.3. The van der Waals surface area contributed by atoms with Crippen molar-refractivity contribution in [2.24, 2.45) is 5.92 Å². The van der Waals surface area contributed by atoms with E-state index in [9.17, 15) is 9.59 Å². The van der Waals surface area contributed by atoms with Gasteiger partial charge in [-0.1, -0.05) is 20.8 Å². The molecule has 3 fully saturated rings. The van der Waals surface area contributed by atoms with E-state index in [0.29, 0.717) is 19.4 Å². The van der Waals surface area contributed by atoms with Gasteiger partial charge < -0.3 is 18.5 Å². The van der Waals surface area contributed by atoms with Gasteiger partial charge in [0.05, 0.1) is 25.4 Å². The zero-order valence-electron chi connectivity index (χ0n) is 20.1. The number of fused-ring (bicyclic) bond motifs is 4. The number of ether oxygens (including phenoxy) is 2. The Labute approximate surface area is 203 Å². The Morgan fingerprint density at radius 1 is 1.46 bits per heavy atom. The van der Waals surface area contributed by atoms with Gasteiger partial charge in [-0.2, -0.15) is 10.2 Å². The van der Waals surface area contributed by atoms with Gasteiger partial charge in [0.1, 0.15) is 23.4 Å². The Morgan fingerprint density at radius 2 is 2.23 bits per heavy atom. The lowest BCUT2D eigenvalue weighted by Gasteiger charge is -2.38. The third kappa shape index (κ3) is 3.86. The Balaban J connectivity index is 1.47. The van der Waals surface area contributed by atoms with Crippen LogP contribution in [0.1, 0.15) is 52.7 Å². The molecule has 188 valence electrons. The molecule has 2 unspecified atom stereocenters. The largest absolute Gasteiger partial charge is 0.361 e. The van der Waals surface area contributed by atoms with Gasteiger partial charge in [0.15, 0.2) is 25.8 Å². The zero-order valence-corrected chi connectivity index (χ0v) is 21.0. The Kier molecular flexibility index (Phi) is 6.18. The Hall–Kier alpha value is -2.42. The van der Waals surface area contributed by atoms with E-state index in [1.807, 2.05) is 13.6 Å². The summed E-state index contributed by atoms with van der Waals surface area (Å²) in [5.74, 6) is -0.494. The van der Waals surface area contributed by atoms with Crippen LogP contribution in [-0.4, -0.2) is 62.1 Å². The van der Waals surface area contributed by atoms with Crippen molar-refractivity contribution in [2.75, 3.05) is 18.6 Å². The zero-order chi connectivity index (χ0) is 25.0. The van der Waals surface area contributed by atoms with Gasteiger partial charge in [-0.25, -0.2) is 4.98 Å². The van der Waals surface area contributed by atoms with E-state index in [1.165, 1.54) is 6.33 Å². The molecule has 0 radical (unpaired) electrons. The number of anilines is 1. The van der Waals surface area contributed by atoms with E-state index in [1.54, 1.807) is 18.4 Å². The van der Waals surface area contributed by atoms with Crippen LogP contribution in [0.4, 0.5) is 5.95 Å². The number of amides is 1. The van der Waals surface area contributed by atoms with E-state index in [-0.39, 0.29) is 28.9 Å². The summed E-state index contributed by atoms with van der Waals surface area (Å²) in [6.07, 6.45) is 2.76. The summed E-state index contributed by atoms with van der Waals surface area (Å²) in [5.41, 5.74) is -1.11. The lowest BCUT2D eigenvalue weighted by molar-refractivity contribution is -0.223. The molecule has 2 N–H and O–H groups in total. The quantitative estimate of drug-likeness (QED) is 0.387. The van der Waals surface area contributed by atoms with E-state index in [4.69, 9.17) is 23.8 Å². The molecule has 3 aliphatic rings.